The van der Waals surface area contributed by atoms with Gasteiger partial charge in [-0.05, 0) is 30.5 Å². The van der Waals surface area contributed by atoms with Crippen LogP contribution < -0.4 is 0 Å². The number of hydrogen-bond acceptors (Lipinski definition) is 2. The molecule has 0 unspecified atom stereocenters. The molecule has 0 spiro atoms. The second kappa shape index (κ2) is 5.46. The molecule has 15 heavy (non-hydrogen) atoms. The Labute approximate surface area is 87.2 Å². The standard InChI is InChI=1S/C11H13FO3/c12-9-4-1-8(2-5-9)3-6-10(13)7-11(14)15/h1-2,4-5,10,13H,3,6-7H2,(H,14,15)/t10-/m1/s1. The second-order valence-electron chi connectivity index (χ2n) is 3.42. The Bertz CT molecular complexity index is 321. The van der Waals surface area contributed by atoms with Crippen molar-refractivity contribution in [3.05, 3.63) is 35.6 Å². The van der Waals surface area contributed by atoms with Crippen LogP contribution in [0.2, 0.25) is 0 Å². The Kier molecular flexibility index (Phi) is 4.24. The van der Waals surface area contributed by atoms with Crippen molar-refractivity contribution in [1.29, 1.82) is 0 Å². The van der Waals surface area contributed by atoms with E-state index in [1.165, 1.54) is 12.1 Å². The van der Waals surface area contributed by atoms with Crippen molar-refractivity contribution in [1.82, 2.24) is 0 Å². The topological polar surface area (TPSA) is 57.5 Å². The Morgan fingerprint density at radius 2 is 1.93 bits per heavy atom. The Morgan fingerprint density at radius 3 is 2.47 bits per heavy atom. The van der Waals surface area contributed by atoms with Crippen molar-refractivity contribution < 1.29 is 19.4 Å². The molecule has 2 N–H and O–H groups in total. The van der Waals surface area contributed by atoms with Crippen molar-refractivity contribution in [2.24, 2.45) is 0 Å². The van der Waals surface area contributed by atoms with Crippen molar-refractivity contribution in [2.45, 2.75) is 25.4 Å². The monoisotopic (exact) mass is 212 g/mol. The molecule has 0 heterocycles. The summed E-state index contributed by atoms with van der Waals surface area (Å²) < 4.78 is 12.5. The molecule has 1 aromatic carbocycles. The first-order chi connectivity index (χ1) is 7.08. The van der Waals surface area contributed by atoms with Crippen molar-refractivity contribution in [3.63, 3.8) is 0 Å². The van der Waals surface area contributed by atoms with Crippen LogP contribution in [-0.4, -0.2) is 22.3 Å². The molecule has 1 atom stereocenters. The van der Waals surface area contributed by atoms with E-state index in [2.05, 4.69) is 0 Å². The fraction of sp³-hybridized carbons (Fsp3) is 0.364. The maximum atomic E-state index is 12.5. The van der Waals surface area contributed by atoms with Gasteiger partial charge in [-0.2, -0.15) is 0 Å². The number of aliphatic hydroxyl groups excluding tert-OH is 1. The summed E-state index contributed by atoms with van der Waals surface area (Å²) in [4.78, 5) is 10.3. The molecular formula is C11H13FO3. The number of aliphatic carboxylic acids is 1. The molecule has 0 aromatic heterocycles. The Morgan fingerprint density at radius 1 is 1.33 bits per heavy atom. The lowest BCUT2D eigenvalue weighted by Crippen LogP contribution is -2.13. The van der Waals surface area contributed by atoms with Crippen LogP contribution in [0.3, 0.4) is 0 Å². The van der Waals surface area contributed by atoms with E-state index in [4.69, 9.17) is 5.11 Å². The molecule has 0 bridgehead atoms. The number of carboxylic acid groups (broad SMARTS) is 1. The van der Waals surface area contributed by atoms with Gasteiger partial charge < -0.3 is 10.2 Å². The zero-order valence-electron chi connectivity index (χ0n) is 8.19. The van der Waals surface area contributed by atoms with Crippen LogP contribution in [0.5, 0.6) is 0 Å². The highest BCUT2D eigenvalue weighted by Gasteiger charge is 2.09. The summed E-state index contributed by atoms with van der Waals surface area (Å²) >= 11 is 0. The van der Waals surface area contributed by atoms with E-state index < -0.39 is 12.1 Å². The molecule has 0 amide bonds. The number of carboxylic acids is 1. The third-order valence-corrected chi connectivity index (χ3v) is 2.09. The number of benzene rings is 1. The molecule has 0 radical (unpaired) electrons. The van der Waals surface area contributed by atoms with Gasteiger partial charge >= 0.3 is 5.97 Å². The average molecular weight is 212 g/mol. The zero-order chi connectivity index (χ0) is 11.3. The van der Waals surface area contributed by atoms with Gasteiger partial charge in [-0.1, -0.05) is 12.1 Å². The van der Waals surface area contributed by atoms with E-state index in [-0.39, 0.29) is 12.2 Å². The molecule has 0 aliphatic rings. The summed E-state index contributed by atoms with van der Waals surface area (Å²) in [6.45, 7) is 0. The van der Waals surface area contributed by atoms with Crippen LogP contribution in [0, 0.1) is 5.82 Å². The van der Waals surface area contributed by atoms with Gasteiger partial charge in [-0.3, -0.25) is 4.79 Å². The number of halogens is 1. The van der Waals surface area contributed by atoms with Crippen LogP contribution >= 0.6 is 0 Å². The summed E-state index contributed by atoms with van der Waals surface area (Å²) in [6, 6.07) is 5.95. The van der Waals surface area contributed by atoms with E-state index in [1.807, 2.05) is 0 Å². The lowest BCUT2D eigenvalue weighted by atomic mass is 10.1. The molecular weight excluding hydrogens is 199 g/mol. The largest absolute Gasteiger partial charge is 0.481 e. The van der Waals surface area contributed by atoms with Crippen LogP contribution in [0.25, 0.3) is 0 Å². The molecule has 0 aliphatic carbocycles. The van der Waals surface area contributed by atoms with E-state index in [1.54, 1.807) is 12.1 Å². The van der Waals surface area contributed by atoms with Crippen LogP contribution in [0.1, 0.15) is 18.4 Å². The molecule has 0 saturated heterocycles. The molecule has 0 fully saturated rings. The van der Waals surface area contributed by atoms with Gasteiger partial charge in [0.25, 0.3) is 0 Å². The third kappa shape index (κ3) is 4.56. The minimum absolute atomic E-state index is 0.249. The highest BCUT2D eigenvalue weighted by molar-refractivity contribution is 5.67. The predicted octanol–water partition coefficient (Wildman–Crippen LogP) is 1.59. The van der Waals surface area contributed by atoms with Crippen LogP contribution in [0.15, 0.2) is 24.3 Å². The first-order valence-electron chi connectivity index (χ1n) is 4.72. The van der Waals surface area contributed by atoms with E-state index >= 15 is 0 Å². The van der Waals surface area contributed by atoms with Crippen LogP contribution in [0.4, 0.5) is 4.39 Å². The van der Waals surface area contributed by atoms with E-state index in [0.717, 1.165) is 5.56 Å². The Balaban J connectivity index is 2.36. The summed E-state index contributed by atoms with van der Waals surface area (Å²) in [5.74, 6) is -1.31. The van der Waals surface area contributed by atoms with Crippen molar-refractivity contribution in [2.75, 3.05) is 0 Å². The zero-order valence-corrected chi connectivity index (χ0v) is 8.19. The molecule has 82 valence electrons. The first-order valence-corrected chi connectivity index (χ1v) is 4.72. The normalized spacial score (nSPS) is 12.4. The first kappa shape index (κ1) is 11.7. The SMILES string of the molecule is O=C(O)C[C@H](O)CCc1ccc(F)cc1. The van der Waals surface area contributed by atoms with Crippen molar-refractivity contribution in [3.8, 4) is 0 Å². The number of aryl methyl sites for hydroxylation is 1. The molecule has 0 aliphatic heterocycles. The maximum Gasteiger partial charge on any atom is 0.305 e. The summed E-state index contributed by atoms with van der Waals surface area (Å²) in [7, 11) is 0. The number of carbonyl (C=O) groups is 1. The van der Waals surface area contributed by atoms with Gasteiger partial charge in [0.2, 0.25) is 0 Å². The number of hydrogen-bond donors (Lipinski definition) is 2. The highest BCUT2D eigenvalue weighted by atomic mass is 19.1. The minimum Gasteiger partial charge on any atom is -0.481 e. The third-order valence-electron chi connectivity index (χ3n) is 2.09. The van der Waals surface area contributed by atoms with E-state index in [9.17, 15) is 14.3 Å². The lowest BCUT2D eigenvalue weighted by Gasteiger charge is -2.07. The van der Waals surface area contributed by atoms with Gasteiger partial charge in [0.15, 0.2) is 0 Å². The maximum absolute atomic E-state index is 12.5. The fourth-order valence-corrected chi connectivity index (χ4v) is 1.29. The van der Waals surface area contributed by atoms with Gasteiger partial charge in [0.05, 0.1) is 12.5 Å². The minimum atomic E-state index is -1.01. The summed E-state index contributed by atoms with van der Waals surface area (Å²) in [5, 5.41) is 17.7. The van der Waals surface area contributed by atoms with Gasteiger partial charge in [0.1, 0.15) is 5.82 Å². The lowest BCUT2D eigenvalue weighted by molar-refractivity contribution is -0.139. The highest BCUT2D eigenvalue weighted by Crippen LogP contribution is 2.08. The number of aliphatic hydroxyl groups is 1. The second-order valence-corrected chi connectivity index (χ2v) is 3.42. The summed E-state index contributed by atoms with van der Waals surface area (Å²) in [5.41, 5.74) is 0.890. The van der Waals surface area contributed by atoms with Crippen molar-refractivity contribution >= 4 is 5.97 Å². The quantitative estimate of drug-likeness (QED) is 0.779. The van der Waals surface area contributed by atoms with Gasteiger partial charge in [-0.25, -0.2) is 4.39 Å². The molecule has 0 saturated carbocycles. The Hall–Kier alpha value is -1.42. The fourth-order valence-electron chi connectivity index (χ4n) is 1.29. The van der Waals surface area contributed by atoms with Gasteiger partial charge in [0, 0.05) is 0 Å². The predicted molar refractivity (Wildman–Crippen MR) is 53.0 cm³/mol. The average Bonchev–Trinajstić information content (AvgIpc) is 2.16. The molecule has 3 nitrogen and oxygen atoms in total. The van der Waals surface area contributed by atoms with Crippen LogP contribution in [-0.2, 0) is 11.2 Å². The summed E-state index contributed by atoms with van der Waals surface area (Å²) in [6.07, 6.45) is -0.166. The van der Waals surface area contributed by atoms with Gasteiger partial charge in [-0.15, -0.1) is 0 Å². The molecule has 1 aromatic rings. The molecule has 4 heteroatoms. The smallest absolute Gasteiger partial charge is 0.305 e. The number of rotatable bonds is 5. The molecule has 1 rings (SSSR count). The van der Waals surface area contributed by atoms with E-state index in [0.29, 0.717) is 12.8 Å².